The van der Waals surface area contributed by atoms with Crippen molar-refractivity contribution in [2.75, 3.05) is 0 Å². The number of aldehydes is 1. The third-order valence-corrected chi connectivity index (χ3v) is 2.18. The predicted octanol–water partition coefficient (Wildman–Crippen LogP) is 1.19. The lowest BCUT2D eigenvalue weighted by atomic mass is 9.91. The molecule has 0 saturated heterocycles. The highest BCUT2D eigenvalue weighted by molar-refractivity contribution is 5.79. The molecule has 3 heteroatoms. The predicted molar refractivity (Wildman–Crippen MR) is 50.3 cm³/mol. The molecule has 3 atom stereocenters. The highest BCUT2D eigenvalue weighted by Gasteiger charge is 2.16. The summed E-state index contributed by atoms with van der Waals surface area (Å²) in [5.41, 5.74) is 0. The Balaban J connectivity index is 3.84. The van der Waals surface area contributed by atoms with E-state index < -0.39 is 6.10 Å². The molecule has 3 unspecified atom stereocenters. The van der Waals surface area contributed by atoms with Gasteiger partial charge in [0.1, 0.15) is 12.1 Å². The Bertz CT molecular complexity index is 175. The van der Waals surface area contributed by atoms with E-state index in [0.717, 1.165) is 6.29 Å². The van der Waals surface area contributed by atoms with Crippen LogP contribution in [0.4, 0.5) is 0 Å². The topological polar surface area (TPSA) is 54.4 Å². The van der Waals surface area contributed by atoms with Gasteiger partial charge >= 0.3 is 0 Å². The van der Waals surface area contributed by atoms with Crippen molar-refractivity contribution in [3.8, 4) is 0 Å². The van der Waals surface area contributed by atoms with Gasteiger partial charge < -0.3 is 9.90 Å². The van der Waals surface area contributed by atoms with E-state index in [0.29, 0.717) is 6.42 Å². The van der Waals surface area contributed by atoms with Crippen molar-refractivity contribution in [2.24, 2.45) is 11.8 Å². The van der Waals surface area contributed by atoms with Gasteiger partial charge in [-0.15, -0.1) is 0 Å². The Kier molecular flexibility index (Phi) is 5.55. The third kappa shape index (κ3) is 5.53. The van der Waals surface area contributed by atoms with E-state index in [9.17, 15) is 9.59 Å². The van der Waals surface area contributed by atoms with Gasteiger partial charge in [0.25, 0.3) is 0 Å². The van der Waals surface area contributed by atoms with Crippen molar-refractivity contribution in [3.63, 3.8) is 0 Å². The van der Waals surface area contributed by atoms with Crippen molar-refractivity contribution >= 4 is 12.1 Å². The van der Waals surface area contributed by atoms with Crippen molar-refractivity contribution in [1.82, 2.24) is 0 Å². The molecule has 0 saturated carbocycles. The minimum absolute atomic E-state index is 0.0243. The summed E-state index contributed by atoms with van der Waals surface area (Å²) in [6.07, 6.45) is 0.854. The summed E-state index contributed by atoms with van der Waals surface area (Å²) in [5, 5.41) is 8.94. The molecule has 0 rings (SSSR count). The number of ketones is 1. The summed E-state index contributed by atoms with van der Waals surface area (Å²) in [6, 6.07) is 0. The van der Waals surface area contributed by atoms with Crippen LogP contribution in [0.3, 0.4) is 0 Å². The van der Waals surface area contributed by atoms with Gasteiger partial charge in [-0.2, -0.15) is 0 Å². The van der Waals surface area contributed by atoms with E-state index in [1.54, 1.807) is 13.8 Å². The van der Waals surface area contributed by atoms with Crippen molar-refractivity contribution < 1.29 is 14.7 Å². The summed E-state index contributed by atoms with van der Waals surface area (Å²) in [4.78, 5) is 21.6. The third-order valence-electron chi connectivity index (χ3n) is 2.18. The average Bonchev–Trinajstić information content (AvgIpc) is 2.01. The van der Waals surface area contributed by atoms with E-state index in [2.05, 4.69) is 0 Å². The summed E-state index contributed by atoms with van der Waals surface area (Å²) in [7, 11) is 0. The van der Waals surface area contributed by atoms with Gasteiger partial charge in [-0.3, -0.25) is 4.79 Å². The second kappa shape index (κ2) is 5.86. The molecule has 0 amide bonds. The number of aliphatic hydroxyl groups is 1. The minimum atomic E-state index is -0.578. The van der Waals surface area contributed by atoms with E-state index in [-0.39, 0.29) is 24.0 Å². The highest BCUT2D eigenvalue weighted by Crippen LogP contribution is 2.14. The standard InChI is InChI=1S/C10H18O3/c1-7(8(2)6-11)4-10(13)5-9(3)12/h6-9,12H,4-5H2,1-3H3. The molecule has 0 aromatic rings. The first kappa shape index (κ1) is 12.3. The molecule has 1 N–H and O–H groups in total. The zero-order chi connectivity index (χ0) is 10.4. The van der Waals surface area contributed by atoms with Crippen LogP contribution in [0.5, 0.6) is 0 Å². The van der Waals surface area contributed by atoms with Gasteiger partial charge in [-0.25, -0.2) is 0 Å². The SMILES string of the molecule is CC(O)CC(=O)CC(C)C(C)C=O. The van der Waals surface area contributed by atoms with Crippen molar-refractivity contribution in [2.45, 2.75) is 39.7 Å². The summed E-state index contributed by atoms with van der Waals surface area (Å²) >= 11 is 0. The molecular weight excluding hydrogens is 168 g/mol. The van der Waals surface area contributed by atoms with E-state index in [1.807, 2.05) is 6.92 Å². The van der Waals surface area contributed by atoms with Gasteiger partial charge in [0.15, 0.2) is 0 Å². The summed E-state index contributed by atoms with van der Waals surface area (Å²) < 4.78 is 0. The van der Waals surface area contributed by atoms with Gasteiger partial charge in [-0.1, -0.05) is 13.8 Å². The average molecular weight is 186 g/mol. The van der Waals surface area contributed by atoms with Crippen LogP contribution in [0, 0.1) is 11.8 Å². The summed E-state index contributed by atoms with van der Waals surface area (Å²) in [6.45, 7) is 5.26. The largest absolute Gasteiger partial charge is 0.393 e. The molecule has 0 aliphatic rings. The number of carbonyl (C=O) groups is 2. The molecule has 0 aliphatic carbocycles. The Labute approximate surface area is 79.1 Å². The Morgan fingerprint density at radius 1 is 1.31 bits per heavy atom. The Morgan fingerprint density at radius 3 is 2.23 bits per heavy atom. The smallest absolute Gasteiger partial charge is 0.135 e. The maximum absolute atomic E-state index is 11.2. The van der Waals surface area contributed by atoms with Crippen LogP contribution in [0.15, 0.2) is 0 Å². The fourth-order valence-electron chi connectivity index (χ4n) is 1.09. The van der Waals surface area contributed by atoms with Crippen molar-refractivity contribution in [3.05, 3.63) is 0 Å². The number of carbonyl (C=O) groups excluding carboxylic acids is 2. The number of aliphatic hydroxyl groups excluding tert-OH is 1. The van der Waals surface area contributed by atoms with Gasteiger partial charge in [-0.05, 0) is 12.8 Å². The first-order valence-corrected chi connectivity index (χ1v) is 4.62. The van der Waals surface area contributed by atoms with Gasteiger partial charge in [0, 0.05) is 18.8 Å². The van der Waals surface area contributed by atoms with Gasteiger partial charge in [0.2, 0.25) is 0 Å². The first-order valence-electron chi connectivity index (χ1n) is 4.62. The van der Waals surface area contributed by atoms with Crippen LogP contribution in [0.2, 0.25) is 0 Å². The highest BCUT2D eigenvalue weighted by atomic mass is 16.3. The van der Waals surface area contributed by atoms with Gasteiger partial charge in [0.05, 0.1) is 6.10 Å². The molecule has 0 aliphatic heterocycles. The molecule has 0 radical (unpaired) electrons. The maximum Gasteiger partial charge on any atom is 0.135 e. The van der Waals surface area contributed by atoms with E-state index >= 15 is 0 Å². The quantitative estimate of drug-likeness (QED) is 0.634. The zero-order valence-electron chi connectivity index (χ0n) is 8.49. The zero-order valence-corrected chi connectivity index (χ0v) is 8.49. The van der Waals surface area contributed by atoms with Crippen LogP contribution >= 0.6 is 0 Å². The molecular formula is C10H18O3. The lowest BCUT2D eigenvalue weighted by molar-refractivity contribution is -0.122. The lowest BCUT2D eigenvalue weighted by Gasteiger charge is -2.13. The number of hydrogen-bond donors (Lipinski definition) is 1. The van der Waals surface area contributed by atoms with Crippen LogP contribution in [0.25, 0.3) is 0 Å². The Morgan fingerprint density at radius 2 is 1.85 bits per heavy atom. The van der Waals surface area contributed by atoms with Crippen LogP contribution in [0.1, 0.15) is 33.6 Å². The molecule has 13 heavy (non-hydrogen) atoms. The van der Waals surface area contributed by atoms with Crippen LogP contribution in [-0.2, 0) is 9.59 Å². The van der Waals surface area contributed by atoms with Crippen LogP contribution < -0.4 is 0 Å². The van der Waals surface area contributed by atoms with Crippen molar-refractivity contribution in [1.29, 1.82) is 0 Å². The van der Waals surface area contributed by atoms with Crippen LogP contribution in [-0.4, -0.2) is 23.3 Å². The summed E-state index contributed by atoms with van der Waals surface area (Å²) in [5.74, 6) is 0.0119. The molecule has 0 fully saturated rings. The maximum atomic E-state index is 11.2. The second-order valence-corrected chi connectivity index (χ2v) is 3.77. The number of Topliss-reactive ketones (excluding diaryl/α,β-unsaturated/α-hetero) is 1. The second-order valence-electron chi connectivity index (χ2n) is 3.77. The fraction of sp³-hybridized carbons (Fsp3) is 0.800. The molecule has 0 aromatic heterocycles. The number of hydrogen-bond acceptors (Lipinski definition) is 3. The normalized spacial score (nSPS) is 17.5. The van der Waals surface area contributed by atoms with E-state index in [4.69, 9.17) is 5.11 Å². The number of rotatable bonds is 6. The Hall–Kier alpha value is -0.700. The molecule has 0 spiro atoms. The lowest BCUT2D eigenvalue weighted by Crippen LogP contribution is -2.17. The molecule has 0 heterocycles. The monoisotopic (exact) mass is 186 g/mol. The van der Waals surface area contributed by atoms with E-state index in [1.165, 1.54) is 0 Å². The molecule has 0 aromatic carbocycles. The fourth-order valence-corrected chi connectivity index (χ4v) is 1.09. The minimum Gasteiger partial charge on any atom is -0.393 e. The molecule has 3 nitrogen and oxygen atoms in total. The molecule has 76 valence electrons. The first-order chi connectivity index (χ1) is 5.97. The molecule has 0 bridgehead atoms.